The quantitative estimate of drug-likeness (QED) is 0.745. The minimum Gasteiger partial charge on any atom is -0.488 e. The highest BCUT2D eigenvalue weighted by molar-refractivity contribution is 5.62. The van der Waals surface area contributed by atoms with Gasteiger partial charge in [0.2, 0.25) is 19.3 Å². The van der Waals surface area contributed by atoms with Crippen LogP contribution in [0.4, 0.5) is 0 Å². The van der Waals surface area contributed by atoms with Crippen LogP contribution in [0.5, 0.6) is 34.5 Å². The van der Waals surface area contributed by atoms with E-state index in [1.165, 1.54) is 0 Å². The van der Waals surface area contributed by atoms with Crippen LogP contribution in [0.25, 0.3) is 0 Å². The molecule has 0 bridgehead atoms. The summed E-state index contributed by atoms with van der Waals surface area (Å²) in [5.41, 5.74) is 2.09. The van der Waals surface area contributed by atoms with Crippen molar-refractivity contribution in [2.75, 3.05) is 20.2 Å². The van der Waals surface area contributed by atoms with Crippen molar-refractivity contribution in [1.82, 2.24) is 0 Å². The van der Waals surface area contributed by atoms with E-state index < -0.39 is 0 Å². The van der Waals surface area contributed by atoms with Gasteiger partial charge in [0.05, 0.1) is 12.5 Å². The Morgan fingerprint density at radius 3 is 2.48 bits per heavy atom. The molecule has 6 nitrogen and oxygen atoms in total. The van der Waals surface area contributed by atoms with E-state index in [4.69, 9.17) is 28.4 Å². The molecule has 2 atom stereocenters. The van der Waals surface area contributed by atoms with Gasteiger partial charge in [0, 0.05) is 17.2 Å². The van der Waals surface area contributed by atoms with Crippen molar-refractivity contribution >= 4 is 0 Å². The standard InChI is InChI=1S/C17H12O6/c1-2-11-17(22-7-19-11)16-8(1)15-10(5-18-16)9-3-13-14(21-6-20-13)4-12(9)23-15/h1-4,10,15H,5-7H2/t10-,15+/m1/s1. The lowest BCUT2D eigenvalue weighted by Crippen LogP contribution is -2.23. The van der Waals surface area contributed by atoms with Crippen LogP contribution in [0.2, 0.25) is 0 Å². The molecule has 0 radical (unpaired) electrons. The van der Waals surface area contributed by atoms with Gasteiger partial charge in [-0.2, -0.15) is 0 Å². The number of fused-ring (bicyclic) bond motifs is 8. The lowest BCUT2D eigenvalue weighted by atomic mass is 9.89. The summed E-state index contributed by atoms with van der Waals surface area (Å²) in [6.45, 7) is 1.02. The highest BCUT2D eigenvalue weighted by Gasteiger charge is 2.44. The Kier molecular flexibility index (Phi) is 2.02. The predicted octanol–water partition coefficient (Wildman–Crippen LogP) is 2.75. The molecule has 6 rings (SSSR count). The summed E-state index contributed by atoms with van der Waals surface area (Å²) >= 11 is 0. The van der Waals surface area contributed by atoms with Gasteiger partial charge in [0.15, 0.2) is 23.0 Å². The zero-order chi connectivity index (χ0) is 15.0. The molecule has 0 saturated carbocycles. The molecule has 0 aliphatic carbocycles. The smallest absolute Gasteiger partial charge is 0.231 e. The summed E-state index contributed by atoms with van der Waals surface area (Å²) in [6.07, 6.45) is -0.0919. The van der Waals surface area contributed by atoms with Crippen molar-refractivity contribution in [1.29, 1.82) is 0 Å². The lowest BCUT2D eigenvalue weighted by Gasteiger charge is -2.28. The third kappa shape index (κ3) is 1.43. The Balaban J connectivity index is 1.48. The predicted molar refractivity (Wildman–Crippen MR) is 76.7 cm³/mol. The van der Waals surface area contributed by atoms with E-state index in [0.29, 0.717) is 12.4 Å². The van der Waals surface area contributed by atoms with E-state index in [1.807, 2.05) is 24.3 Å². The van der Waals surface area contributed by atoms with Gasteiger partial charge < -0.3 is 28.4 Å². The molecule has 2 aromatic rings. The van der Waals surface area contributed by atoms with Gasteiger partial charge in [0.1, 0.15) is 11.9 Å². The second kappa shape index (κ2) is 3.95. The van der Waals surface area contributed by atoms with Crippen molar-refractivity contribution in [3.63, 3.8) is 0 Å². The molecule has 0 saturated heterocycles. The van der Waals surface area contributed by atoms with Crippen LogP contribution in [0.3, 0.4) is 0 Å². The number of ether oxygens (including phenoxy) is 6. The van der Waals surface area contributed by atoms with Gasteiger partial charge in [-0.15, -0.1) is 0 Å². The first-order chi connectivity index (χ1) is 11.4. The molecule has 4 heterocycles. The van der Waals surface area contributed by atoms with Crippen molar-refractivity contribution in [2.45, 2.75) is 12.0 Å². The van der Waals surface area contributed by atoms with E-state index in [-0.39, 0.29) is 25.6 Å². The summed E-state index contributed by atoms with van der Waals surface area (Å²) in [7, 11) is 0. The first-order valence-electron chi connectivity index (χ1n) is 7.54. The van der Waals surface area contributed by atoms with E-state index in [1.54, 1.807) is 0 Å². The highest BCUT2D eigenvalue weighted by Crippen LogP contribution is 2.57. The molecule has 6 heteroatoms. The summed E-state index contributed by atoms with van der Waals surface area (Å²) in [4.78, 5) is 0. The first-order valence-corrected chi connectivity index (χ1v) is 7.54. The average Bonchev–Trinajstić information content (AvgIpc) is 3.29. The average molecular weight is 312 g/mol. The van der Waals surface area contributed by atoms with Crippen molar-refractivity contribution in [3.05, 3.63) is 35.4 Å². The Morgan fingerprint density at radius 2 is 1.52 bits per heavy atom. The lowest BCUT2D eigenvalue weighted by molar-refractivity contribution is 0.131. The van der Waals surface area contributed by atoms with Crippen LogP contribution in [0.15, 0.2) is 24.3 Å². The Hall–Kier alpha value is -2.76. The van der Waals surface area contributed by atoms with E-state index >= 15 is 0 Å². The molecule has 2 aromatic carbocycles. The minimum absolute atomic E-state index is 0.0919. The SMILES string of the molecule is c1c2c(cc3c1O[C@H]1c4ccc5c(c4OC[C@H]31)OCO5)OCO2. The molecule has 0 amide bonds. The fourth-order valence-electron chi connectivity index (χ4n) is 3.68. The van der Waals surface area contributed by atoms with Crippen LogP contribution in [0, 0.1) is 0 Å². The highest BCUT2D eigenvalue weighted by atomic mass is 16.7. The van der Waals surface area contributed by atoms with Crippen LogP contribution in [-0.2, 0) is 0 Å². The van der Waals surface area contributed by atoms with Crippen molar-refractivity contribution in [2.24, 2.45) is 0 Å². The monoisotopic (exact) mass is 312 g/mol. The number of rotatable bonds is 0. The summed E-state index contributed by atoms with van der Waals surface area (Å²) < 4.78 is 34.1. The summed E-state index contributed by atoms with van der Waals surface area (Å²) in [5, 5.41) is 0. The van der Waals surface area contributed by atoms with Crippen molar-refractivity contribution in [3.8, 4) is 34.5 Å². The van der Waals surface area contributed by atoms with Crippen LogP contribution < -0.4 is 28.4 Å². The van der Waals surface area contributed by atoms with Crippen LogP contribution >= 0.6 is 0 Å². The maximum absolute atomic E-state index is 6.21. The van der Waals surface area contributed by atoms with Crippen LogP contribution in [-0.4, -0.2) is 20.2 Å². The molecule has 23 heavy (non-hydrogen) atoms. The molecule has 0 unspecified atom stereocenters. The van der Waals surface area contributed by atoms with E-state index in [0.717, 1.165) is 39.9 Å². The van der Waals surface area contributed by atoms with E-state index in [9.17, 15) is 0 Å². The van der Waals surface area contributed by atoms with Gasteiger partial charge in [-0.1, -0.05) is 0 Å². The third-order valence-electron chi connectivity index (χ3n) is 4.76. The first kappa shape index (κ1) is 11.8. The fraction of sp³-hybridized carbons (Fsp3) is 0.294. The molecule has 0 N–H and O–H groups in total. The summed E-state index contributed by atoms with van der Waals surface area (Å²) in [5.74, 6) is 4.59. The maximum Gasteiger partial charge on any atom is 0.231 e. The van der Waals surface area contributed by atoms with Crippen molar-refractivity contribution < 1.29 is 28.4 Å². The second-order valence-corrected chi connectivity index (χ2v) is 5.92. The topological polar surface area (TPSA) is 55.4 Å². The number of hydrogen-bond acceptors (Lipinski definition) is 6. The Bertz CT molecular complexity index is 845. The molecule has 4 aliphatic rings. The normalized spacial score (nSPS) is 24.3. The Labute approximate surface area is 131 Å². The molecule has 0 spiro atoms. The molecule has 0 aromatic heterocycles. The molecule has 0 fully saturated rings. The van der Waals surface area contributed by atoms with Gasteiger partial charge in [-0.05, 0) is 18.2 Å². The summed E-state index contributed by atoms with van der Waals surface area (Å²) in [6, 6.07) is 7.81. The van der Waals surface area contributed by atoms with Crippen LogP contribution in [0.1, 0.15) is 23.1 Å². The maximum atomic E-state index is 6.21. The minimum atomic E-state index is -0.0919. The zero-order valence-corrected chi connectivity index (χ0v) is 12.0. The van der Waals surface area contributed by atoms with Gasteiger partial charge in [-0.25, -0.2) is 0 Å². The number of benzene rings is 2. The van der Waals surface area contributed by atoms with Gasteiger partial charge in [0.25, 0.3) is 0 Å². The molecule has 4 aliphatic heterocycles. The Morgan fingerprint density at radius 1 is 0.696 bits per heavy atom. The second-order valence-electron chi connectivity index (χ2n) is 5.92. The third-order valence-corrected chi connectivity index (χ3v) is 4.76. The molecular formula is C17H12O6. The largest absolute Gasteiger partial charge is 0.488 e. The zero-order valence-electron chi connectivity index (χ0n) is 12.0. The van der Waals surface area contributed by atoms with Gasteiger partial charge >= 0.3 is 0 Å². The van der Waals surface area contributed by atoms with E-state index in [2.05, 4.69) is 0 Å². The fourth-order valence-corrected chi connectivity index (χ4v) is 3.68. The molecular weight excluding hydrogens is 300 g/mol. The molecule has 116 valence electrons. The van der Waals surface area contributed by atoms with Gasteiger partial charge in [-0.3, -0.25) is 0 Å². The number of hydrogen-bond donors (Lipinski definition) is 0.